The van der Waals surface area contributed by atoms with Gasteiger partial charge in [-0.15, -0.1) is 0 Å². The molecule has 0 heterocycles. The Labute approximate surface area is 144 Å². The molecule has 5 rings (SSSR count). The Bertz CT molecular complexity index is 561. The van der Waals surface area contributed by atoms with Crippen LogP contribution in [0.5, 0.6) is 0 Å². The van der Waals surface area contributed by atoms with Crippen LogP contribution in [-0.4, -0.2) is 22.8 Å². The van der Waals surface area contributed by atoms with Gasteiger partial charge in [-0.1, -0.05) is 31.9 Å². The monoisotopic (exact) mass is 330 g/mol. The molecule has 3 heteroatoms. The fraction of sp³-hybridized carbons (Fsp3) is 0.857. The number of carboxylic acids is 1. The van der Waals surface area contributed by atoms with Crippen molar-refractivity contribution in [2.45, 2.75) is 70.0 Å². The molecule has 0 aliphatic heterocycles. The van der Waals surface area contributed by atoms with Crippen LogP contribution < -0.4 is 0 Å². The Morgan fingerprint density at radius 2 is 1.88 bits per heavy atom. The molecule has 0 saturated heterocycles. The SMILES string of the molecule is CCC1(OC(C(=O)O)C2CC3CC2C2C4C=CC(C4)C32)CCCC1. The molecular weight excluding hydrogens is 300 g/mol. The summed E-state index contributed by atoms with van der Waals surface area (Å²) in [7, 11) is 0. The average molecular weight is 330 g/mol. The molecule has 8 unspecified atom stereocenters. The van der Waals surface area contributed by atoms with Gasteiger partial charge in [0.15, 0.2) is 6.10 Å². The third-order valence-electron chi connectivity index (χ3n) is 8.49. The fourth-order valence-electron chi connectivity index (χ4n) is 7.58. The van der Waals surface area contributed by atoms with Crippen LogP contribution in [-0.2, 0) is 9.53 Å². The lowest BCUT2D eigenvalue weighted by atomic mass is 9.68. The van der Waals surface area contributed by atoms with Crippen LogP contribution in [0.2, 0.25) is 0 Å². The van der Waals surface area contributed by atoms with Crippen LogP contribution >= 0.6 is 0 Å². The summed E-state index contributed by atoms with van der Waals surface area (Å²) >= 11 is 0. The number of hydrogen-bond acceptors (Lipinski definition) is 2. The molecule has 0 spiro atoms. The van der Waals surface area contributed by atoms with Gasteiger partial charge in [-0.05, 0) is 80.0 Å². The van der Waals surface area contributed by atoms with E-state index in [1.54, 1.807) is 0 Å². The van der Waals surface area contributed by atoms with Gasteiger partial charge in [0, 0.05) is 0 Å². The Kier molecular flexibility index (Phi) is 3.43. The Balaban J connectivity index is 1.38. The van der Waals surface area contributed by atoms with E-state index < -0.39 is 12.1 Å². The van der Waals surface area contributed by atoms with Crippen LogP contribution in [0.15, 0.2) is 12.2 Å². The molecule has 4 bridgehead atoms. The van der Waals surface area contributed by atoms with E-state index in [-0.39, 0.29) is 11.5 Å². The van der Waals surface area contributed by atoms with Gasteiger partial charge < -0.3 is 9.84 Å². The molecule has 132 valence electrons. The van der Waals surface area contributed by atoms with Crippen molar-refractivity contribution in [2.75, 3.05) is 0 Å². The van der Waals surface area contributed by atoms with Gasteiger partial charge in [-0.3, -0.25) is 0 Å². The first-order valence-electron chi connectivity index (χ1n) is 10.2. The fourth-order valence-corrected chi connectivity index (χ4v) is 7.58. The Hall–Kier alpha value is -0.830. The zero-order chi connectivity index (χ0) is 16.5. The number of allylic oxidation sites excluding steroid dienone is 2. The number of rotatable bonds is 5. The molecule has 0 aromatic carbocycles. The van der Waals surface area contributed by atoms with E-state index in [1.165, 1.54) is 25.7 Å². The van der Waals surface area contributed by atoms with Crippen molar-refractivity contribution in [3.63, 3.8) is 0 Å². The third-order valence-corrected chi connectivity index (χ3v) is 8.49. The lowest BCUT2D eigenvalue weighted by Gasteiger charge is -2.41. The number of fused-ring (bicyclic) bond motifs is 9. The predicted molar refractivity (Wildman–Crippen MR) is 91.4 cm³/mol. The molecule has 0 amide bonds. The van der Waals surface area contributed by atoms with Crippen molar-refractivity contribution in [1.82, 2.24) is 0 Å². The summed E-state index contributed by atoms with van der Waals surface area (Å²) in [6.45, 7) is 2.17. The summed E-state index contributed by atoms with van der Waals surface area (Å²) in [6.07, 6.45) is 13.5. The number of aliphatic carboxylic acids is 1. The summed E-state index contributed by atoms with van der Waals surface area (Å²) in [5.41, 5.74) is -0.154. The van der Waals surface area contributed by atoms with Crippen LogP contribution in [0.3, 0.4) is 0 Å². The second-order valence-electron chi connectivity index (χ2n) is 9.28. The first kappa shape index (κ1) is 15.4. The van der Waals surface area contributed by atoms with Crippen molar-refractivity contribution >= 4 is 5.97 Å². The molecule has 0 aromatic heterocycles. The number of carboxylic acid groups (broad SMARTS) is 1. The zero-order valence-electron chi connectivity index (χ0n) is 14.7. The zero-order valence-corrected chi connectivity index (χ0v) is 14.7. The minimum absolute atomic E-state index is 0.154. The van der Waals surface area contributed by atoms with Crippen molar-refractivity contribution in [2.24, 2.45) is 41.4 Å². The average Bonchev–Trinajstić information content (AvgIpc) is 3.38. The van der Waals surface area contributed by atoms with Crippen molar-refractivity contribution in [3.05, 3.63) is 12.2 Å². The molecule has 8 atom stereocenters. The van der Waals surface area contributed by atoms with Crippen LogP contribution in [0.25, 0.3) is 0 Å². The summed E-state index contributed by atoms with van der Waals surface area (Å²) in [4.78, 5) is 12.1. The minimum atomic E-state index is -0.706. The maximum atomic E-state index is 12.1. The van der Waals surface area contributed by atoms with E-state index in [2.05, 4.69) is 19.1 Å². The van der Waals surface area contributed by atoms with Gasteiger partial charge in [0.1, 0.15) is 0 Å². The van der Waals surface area contributed by atoms with Crippen molar-refractivity contribution in [3.8, 4) is 0 Å². The van der Waals surface area contributed by atoms with Crippen LogP contribution in [0, 0.1) is 41.4 Å². The Morgan fingerprint density at radius 1 is 1.17 bits per heavy atom. The molecule has 4 fully saturated rings. The lowest BCUT2D eigenvalue weighted by molar-refractivity contribution is -0.176. The van der Waals surface area contributed by atoms with Gasteiger partial charge in [-0.2, -0.15) is 0 Å². The largest absolute Gasteiger partial charge is 0.479 e. The molecule has 0 aromatic rings. The highest BCUT2D eigenvalue weighted by Crippen LogP contribution is 2.67. The standard InChI is InChI=1S/C21H30O3/c1-2-21(7-3-4-8-21)24-19(20(22)23)16-11-14-10-15(16)18-13-6-5-12(9-13)17(14)18/h5-6,12-19H,2-4,7-11H2,1H3,(H,22,23). The molecule has 1 N–H and O–H groups in total. The van der Waals surface area contributed by atoms with Crippen LogP contribution in [0.1, 0.15) is 58.3 Å². The highest BCUT2D eigenvalue weighted by atomic mass is 16.5. The van der Waals surface area contributed by atoms with Gasteiger partial charge in [0.2, 0.25) is 0 Å². The minimum Gasteiger partial charge on any atom is -0.479 e. The van der Waals surface area contributed by atoms with Gasteiger partial charge in [-0.25, -0.2) is 4.79 Å². The van der Waals surface area contributed by atoms with Gasteiger partial charge in [0.25, 0.3) is 0 Å². The maximum absolute atomic E-state index is 12.1. The smallest absolute Gasteiger partial charge is 0.333 e. The molecule has 3 nitrogen and oxygen atoms in total. The van der Waals surface area contributed by atoms with E-state index in [0.717, 1.165) is 55.3 Å². The van der Waals surface area contributed by atoms with Crippen LogP contribution in [0.4, 0.5) is 0 Å². The second kappa shape index (κ2) is 5.33. The van der Waals surface area contributed by atoms with Crippen molar-refractivity contribution in [1.29, 1.82) is 0 Å². The number of carbonyl (C=O) groups is 1. The quantitative estimate of drug-likeness (QED) is 0.605. The highest BCUT2D eigenvalue weighted by molar-refractivity contribution is 5.73. The summed E-state index contributed by atoms with van der Waals surface area (Å²) < 4.78 is 6.46. The highest BCUT2D eigenvalue weighted by Gasteiger charge is 2.63. The molecule has 5 aliphatic rings. The van der Waals surface area contributed by atoms with Gasteiger partial charge >= 0.3 is 5.97 Å². The van der Waals surface area contributed by atoms with Crippen molar-refractivity contribution < 1.29 is 14.6 Å². The van der Waals surface area contributed by atoms with E-state index in [1.807, 2.05) is 0 Å². The molecule has 5 aliphatic carbocycles. The predicted octanol–water partition coefficient (Wildman–Crippen LogP) is 4.27. The summed E-state index contributed by atoms with van der Waals surface area (Å²) in [5, 5.41) is 9.97. The molecule has 0 radical (unpaired) electrons. The molecule has 4 saturated carbocycles. The summed E-state index contributed by atoms with van der Waals surface area (Å²) in [6, 6.07) is 0. The normalized spacial score (nSPS) is 48.1. The first-order chi connectivity index (χ1) is 11.6. The number of ether oxygens (including phenoxy) is 1. The lowest BCUT2D eigenvalue weighted by Crippen LogP contribution is -2.46. The second-order valence-corrected chi connectivity index (χ2v) is 9.28. The maximum Gasteiger partial charge on any atom is 0.333 e. The molecule has 24 heavy (non-hydrogen) atoms. The van der Waals surface area contributed by atoms with E-state index in [9.17, 15) is 9.90 Å². The van der Waals surface area contributed by atoms with E-state index >= 15 is 0 Å². The van der Waals surface area contributed by atoms with E-state index in [4.69, 9.17) is 4.74 Å². The first-order valence-corrected chi connectivity index (χ1v) is 10.2. The Morgan fingerprint density at radius 3 is 2.54 bits per heavy atom. The topological polar surface area (TPSA) is 46.5 Å². The molecular formula is C21H30O3. The van der Waals surface area contributed by atoms with Gasteiger partial charge in [0.05, 0.1) is 5.60 Å². The summed E-state index contributed by atoms with van der Waals surface area (Å²) in [5.74, 6) is 4.06. The number of hydrogen-bond donors (Lipinski definition) is 1. The van der Waals surface area contributed by atoms with E-state index in [0.29, 0.717) is 5.92 Å². The third kappa shape index (κ3) is 2.03.